The monoisotopic (exact) mass is 164 g/mol. The summed E-state index contributed by atoms with van der Waals surface area (Å²) in [7, 11) is 0. The summed E-state index contributed by atoms with van der Waals surface area (Å²) in [5.74, 6) is 1.18. The summed E-state index contributed by atoms with van der Waals surface area (Å²) >= 11 is 0. The molecule has 1 aliphatic heterocycles. The molecule has 0 N–H and O–H groups in total. The van der Waals surface area contributed by atoms with E-state index in [0.717, 1.165) is 17.9 Å². The second-order valence-corrected chi connectivity index (χ2v) is 3.37. The molecule has 0 aromatic carbocycles. The SMILES string of the molecule is CC1(C)OC2=C(C=CCC=C2)O1. The second-order valence-electron chi connectivity index (χ2n) is 3.37. The van der Waals surface area contributed by atoms with Crippen molar-refractivity contribution in [1.29, 1.82) is 0 Å². The van der Waals surface area contributed by atoms with Gasteiger partial charge in [-0.15, -0.1) is 0 Å². The first-order valence-electron chi connectivity index (χ1n) is 4.13. The Morgan fingerprint density at radius 3 is 2.08 bits per heavy atom. The average molecular weight is 164 g/mol. The van der Waals surface area contributed by atoms with Crippen molar-refractivity contribution in [2.45, 2.75) is 26.1 Å². The van der Waals surface area contributed by atoms with Crippen LogP contribution in [0.25, 0.3) is 0 Å². The number of hydrogen-bond donors (Lipinski definition) is 0. The van der Waals surface area contributed by atoms with E-state index >= 15 is 0 Å². The quantitative estimate of drug-likeness (QED) is 0.547. The third-order valence-electron chi connectivity index (χ3n) is 1.76. The minimum absolute atomic E-state index is 0.503. The summed E-state index contributed by atoms with van der Waals surface area (Å²) in [5, 5.41) is 0. The van der Waals surface area contributed by atoms with E-state index < -0.39 is 5.79 Å². The minimum atomic E-state index is -0.503. The van der Waals surface area contributed by atoms with Crippen LogP contribution in [-0.4, -0.2) is 5.79 Å². The Labute approximate surface area is 72.2 Å². The Bertz CT molecular complexity index is 256. The van der Waals surface area contributed by atoms with Crippen molar-refractivity contribution in [2.24, 2.45) is 0 Å². The normalized spacial score (nSPS) is 24.5. The summed E-state index contributed by atoms with van der Waals surface area (Å²) < 4.78 is 11.1. The van der Waals surface area contributed by atoms with Crippen LogP contribution >= 0.6 is 0 Å². The lowest BCUT2D eigenvalue weighted by atomic mass is 10.3. The van der Waals surface area contributed by atoms with Crippen molar-refractivity contribution >= 4 is 0 Å². The van der Waals surface area contributed by atoms with E-state index in [1.54, 1.807) is 0 Å². The van der Waals surface area contributed by atoms with Crippen LogP contribution in [0.2, 0.25) is 0 Å². The largest absolute Gasteiger partial charge is 0.449 e. The van der Waals surface area contributed by atoms with Gasteiger partial charge in [-0.25, -0.2) is 0 Å². The van der Waals surface area contributed by atoms with Crippen molar-refractivity contribution < 1.29 is 9.47 Å². The van der Waals surface area contributed by atoms with Gasteiger partial charge in [-0.2, -0.15) is 0 Å². The maximum atomic E-state index is 5.55. The molecule has 0 spiro atoms. The molecule has 0 saturated heterocycles. The fourth-order valence-corrected chi connectivity index (χ4v) is 1.31. The third kappa shape index (κ3) is 1.24. The van der Waals surface area contributed by atoms with Crippen LogP contribution < -0.4 is 0 Å². The summed E-state index contributed by atoms with van der Waals surface area (Å²) in [5.41, 5.74) is 0. The molecule has 2 rings (SSSR count). The van der Waals surface area contributed by atoms with Gasteiger partial charge < -0.3 is 9.47 Å². The van der Waals surface area contributed by atoms with Crippen LogP contribution in [-0.2, 0) is 9.47 Å². The van der Waals surface area contributed by atoms with E-state index in [4.69, 9.17) is 9.47 Å². The highest BCUT2D eigenvalue weighted by Crippen LogP contribution is 2.32. The molecule has 2 nitrogen and oxygen atoms in total. The molecule has 0 amide bonds. The average Bonchev–Trinajstić information content (AvgIpc) is 2.17. The van der Waals surface area contributed by atoms with Crippen molar-refractivity contribution in [3.05, 3.63) is 35.8 Å². The molecular formula is C10H12O2. The Morgan fingerprint density at radius 2 is 1.58 bits per heavy atom. The maximum absolute atomic E-state index is 5.55. The van der Waals surface area contributed by atoms with Gasteiger partial charge >= 0.3 is 0 Å². The molecule has 0 fully saturated rings. The molecule has 1 heterocycles. The van der Waals surface area contributed by atoms with Gasteiger partial charge in [-0.3, -0.25) is 0 Å². The zero-order valence-electron chi connectivity index (χ0n) is 7.33. The van der Waals surface area contributed by atoms with Crippen LogP contribution in [0, 0.1) is 0 Å². The smallest absolute Gasteiger partial charge is 0.246 e. The van der Waals surface area contributed by atoms with E-state index in [1.165, 1.54) is 0 Å². The lowest BCUT2D eigenvalue weighted by Crippen LogP contribution is -2.20. The lowest BCUT2D eigenvalue weighted by molar-refractivity contribution is -0.118. The second kappa shape index (κ2) is 2.41. The topological polar surface area (TPSA) is 18.5 Å². The maximum Gasteiger partial charge on any atom is 0.246 e. The first kappa shape index (κ1) is 7.47. The molecule has 0 aromatic heterocycles. The molecule has 2 aliphatic rings. The van der Waals surface area contributed by atoms with Crippen LogP contribution in [0.15, 0.2) is 35.8 Å². The minimum Gasteiger partial charge on any atom is -0.449 e. The highest BCUT2D eigenvalue weighted by atomic mass is 16.7. The standard InChI is InChI=1S/C10H12O2/c1-10(2)11-8-6-4-3-5-7-9(8)12-10/h4-7H,3H2,1-2H3. The van der Waals surface area contributed by atoms with Crippen molar-refractivity contribution in [3.63, 3.8) is 0 Å². The predicted octanol–water partition coefficient (Wildman–Crippen LogP) is 2.50. The van der Waals surface area contributed by atoms with Crippen LogP contribution in [0.5, 0.6) is 0 Å². The van der Waals surface area contributed by atoms with Crippen molar-refractivity contribution in [2.75, 3.05) is 0 Å². The van der Waals surface area contributed by atoms with Gasteiger partial charge in [0.1, 0.15) is 0 Å². The number of rotatable bonds is 0. The Balaban J connectivity index is 2.29. The molecule has 0 atom stereocenters. The van der Waals surface area contributed by atoms with E-state index in [0.29, 0.717) is 0 Å². The Kier molecular flexibility index (Phi) is 1.50. The predicted molar refractivity (Wildman–Crippen MR) is 46.2 cm³/mol. The molecule has 2 heteroatoms. The van der Waals surface area contributed by atoms with Crippen LogP contribution in [0.3, 0.4) is 0 Å². The van der Waals surface area contributed by atoms with Crippen LogP contribution in [0.4, 0.5) is 0 Å². The molecular weight excluding hydrogens is 152 g/mol. The first-order chi connectivity index (χ1) is 5.67. The highest BCUT2D eigenvalue weighted by molar-refractivity contribution is 5.30. The molecule has 12 heavy (non-hydrogen) atoms. The van der Waals surface area contributed by atoms with Gasteiger partial charge in [0.05, 0.1) is 0 Å². The van der Waals surface area contributed by atoms with E-state index in [2.05, 4.69) is 12.2 Å². The number of hydrogen-bond acceptors (Lipinski definition) is 2. The lowest BCUT2D eigenvalue weighted by Gasteiger charge is -2.18. The van der Waals surface area contributed by atoms with Crippen molar-refractivity contribution in [3.8, 4) is 0 Å². The van der Waals surface area contributed by atoms with Crippen LogP contribution in [0.1, 0.15) is 20.3 Å². The summed E-state index contributed by atoms with van der Waals surface area (Å²) in [6.45, 7) is 3.81. The van der Waals surface area contributed by atoms with Gasteiger partial charge in [0, 0.05) is 13.8 Å². The van der Waals surface area contributed by atoms with Gasteiger partial charge in [-0.05, 0) is 18.6 Å². The van der Waals surface area contributed by atoms with E-state index in [1.807, 2.05) is 26.0 Å². The fourth-order valence-electron chi connectivity index (χ4n) is 1.31. The summed E-state index contributed by atoms with van der Waals surface area (Å²) in [6, 6.07) is 0. The first-order valence-corrected chi connectivity index (χ1v) is 4.13. The molecule has 0 unspecified atom stereocenters. The van der Waals surface area contributed by atoms with Gasteiger partial charge in [-0.1, -0.05) is 12.2 Å². The highest BCUT2D eigenvalue weighted by Gasteiger charge is 2.31. The Morgan fingerprint density at radius 1 is 1.08 bits per heavy atom. The molecule has 64 valence electrons. The van der Waals surface area contributed by atoms with E-state index in [9.17, 15) is 0 Å². The summed E-state index contributed by atoms with van der Waals surface area (Å²) in [4.78, 5) is 0. The van der Waals surface area contributed by atoms with Crippen molar-refractivity contribution in [1.82, 2.24) is 0 Å². The molecule has 0 aromatic rings. The Hall–Kier alpha value is -1.18. The molecule has 0 radical (unpaired) electrons. The molecule has 0 saturated carbocycles. The molecule has 1 aliphatic carbocycles. The zero-order chi connectivity index (χ0) is 8.60. The van der Waals surface area contributed by atoms with Gasteiger partial charge in [0.2, 0.25) is 5.79 Å². The fraction of sp³-hybridized carbons (Fsp3) is 0.400. The van der Waals surface area contributed by atoms with Gasteiger partial charge in [0.15, 0.2) is 11.5 Å². The summed E-state index contributed by atoms with van der Waals surface area (Å²) in [6.07, 6.45) is 8.99. The number of allylic oxidation sites excluding steroid dienone is 4. The zero-order valence-corrected chi connectivity index (χ0v) is 7.33. The third-order valence-corrected chi connectivity index (χ3v) is 1.76. The van der Waals surface area contributed by atoms with E-state index in [-0.39, 0.29) is 0 Å². The number of ether oxygens (including phenoxy) is 2. The molecule has 0 bridgehead atoms. The van der Waals surface area contributed by atoms with Gasteiger partial charge in [0.25, 0.3) is 0 Å².